The molecule has 0 saturated carbocycles. The average Bonchev–Trinajstić information content (AvgIpc) is 2.84. The molecule has 1 aliphatic heterocycles. The number of ether oxygens (including phenoxy) is 2. The molecule has 1 fully saturated rings. The molecule has 0 unspecified atom stereocenters. The largest absolute Gasteiger partial charge is 0.469 e. The summed E-state index contributed by atoms with van der Waals surface area (Å²) in [5.74, 6) is -0.129. The van der Waals surface area contributed by atoms with Crippen molar-refractivity contribution in [3.63, 3.8) is 0 Å². The lowest BCUT2D eigenvalue weighted by Gasteiger charge is -2.34. The maximum Gasteiger partial charge on any atom is 0.313 e. The highest BCUT2D eigenvalue weighted by Crippen LogP contribution is 2.31. The second-order valence-corrected chi connectivity index (χ2v) is 5.10. The minimum Gasteiger partial charge on any atom is -0.469 e. The number of methoxy groups -OCH3 is 1. The Morgan fingerprint density at radius 3 is 2.84 bits per heavy atom. The molecular formula is C14H22N2O3. The summed E-state index contributed by atoms with van der Waals surface area (Å²) < 4.78 is 12.4. The molecule has 2 rings (SSSR count). The predicted octanol–water partition coefficient (Wildman–Crippen LogP) is 1.08. The van der Waals surface area contributed by atoms with Crippen molar-refractivity contribution in [2.75, 3.05) is 26.9 Å². The third-order valence-electron chi connectivity index (χ3n) is 3.89. The van der Waals surface area contributed by atoms with Gasteiger partial charge in [0.25, 0.3) is 0 Å². The summed E-state index contributed by atoms with van der Waals surface area (Å²) in [6.07, 6.45) is 3.46. The van der Waals surface area contributed by atoms with Gasteiger partial charge in [-0.3, -0.25) is 4.79 Å². The van der Waals surface area contributed by atoms with Crippen LogP contribution in [0.4, 0.5) is 0 Å². The van der Waals surface area contributed by atoms with Gasteiger partial charge in [0.05, 0.1) is 12.5 Å². The summed E-state index contributed by atoms with van der Waals surface area (Å²) in [4.78, 5) is 12.0. The zero-order valence-electron chi connectivity index (χ0n) is 11.6. The summed E-state index contributed by atoms with van der Waals surface area (Å²) in [5, 5.41) is 3.38. The molecule has 0 amide bonds. The van der Waals surface area contributed by atoms with E-state index >= 15 is 0 Å². The second kappa shape index (κ2) is 6.21. The minimum absolute atomic E-state index is 0.129. The molecular weight excluding hydrogens is 244 g/mol. The molecule has 0 aromatic carbocycles. The summed E-state index contributed by atoms with van der Waals surface area (Å²) in [7, 11) is 3.47. The van der Waals surface area contributed by atoms with E-state index in [4.69, 9.17) is 9.47 Å². The normalized spacial score (nSPS) is 18.2. The molecule has 1 aromatic heterocycles. The van der Waals surface area contributed by atoms with Gasteiger partial charge in [-0.1, -0.05) is 0 Å². The topological polar surface area (TPSA) is 52.5 Å². The third-order valence-corrected chi connectivity index (χ3v) is 3.89. The van der Waals surface area contributed by atoms with Gasteiger partial charge in [0.15, 0.2) is 0 Å². The van der Waals surface area contributed by atoms with E-state index in [0.717, 1.165) is 19.4 Å². The van der Waals surface area contributed by atoms with Gasteiger partial charge in [-0.25, -0.2) is 0 Å². The van der Waals surface area contributed by atoms with E-state index in [0.29, 0.717) is 19.8 Å². The summed E-state index contributed by atoms with van der Waals surface area (Å²) in [6.45, 7) is 2.64. The monoisotopic (exact) mass is 266 g/mol. The molecule has 5 nitrogen and oxygen atoms in total. The first-order valence-corrected chi connectivity index (χ1v) is 6.65. The Morgan fingerprint density at radius 2 is 2.26 bits per heavy atom. The number of carbonyl (C=O) groups is 1. The number of aryl methyl sites for hydroxylation is 1. The molecule has 0 aliphatic carbocycles. The average molecular weight is 266 g/mol. The highest BCUT2D eigenvalue weighted by atomic mass is 16.5. The summed E-state index contributed by atoms with van der Waals surface area (Å²) in [5.41, 5.74) is 0.769. The number of hydrogen-bond acceptors (Lipinski definition) is 4. The highest BCUT2D eigenvalue weighted by Gasteiger charge is 2.40. The van der Waals surface area contributed by atoms with Crippen LogP contribution in [0.25, 0.3) is 0 Å². The number of esters is 1. The Morgan fingerprint density at radius 1 is 1.53 bits per heavy atom. The zero-order chi connectivity index (χ0) is 13.7. The van der Waals surface area contributed by atoms with Crippen molar-refractivity contribution in [3.05, 3.63) is 24.0 Å². The molecule has 0 bridgehead atoms. The van der Waals surface area contributed by atoms with Crippen molar-refractivity contribution >= 4 is 5.97 Å². The van der Waals surface area contributed by atoms with Crippen molar-refractivity contribution in [1.29, 1.82) is 0 Å². The first-order valence-electron chi connectivity index (χ1n) is 6.65. The quantitative estimate of drug-likeness (QED) is 0.810. The van der Waals surface area contributed by atoms with Crippen molar-refractivity contribution in [1.82, 2.24) is 9.88 Å². The molecule has 0 radical (unpaired) electrons. The van der Waals surface area contributed by atoms with Crippen molar-refractivity contribution in [2.45, 2.75) is 19.4 Å². The maximum absolute atomic E-state index is 12.0. The summed E-state index contributed by atoms with van der Waals surface area (Å²) in [6, 6.07) is 4.09. The molecule has 1 saturated heterocycles. The van der Waals surface area contributed by atoms with Crippen LogP contribution in [0.15, 0.2) is 18.3 Å². The van der Waals surface area contributed by atoms with Crippen molar-refractivity contribution < 1.29 is 14.3 Å². The third kappa shape index (κ3) is 3.16. The van der Waals surface area contributed by atoms with E-state index in [2.05, 4.69) is 16.0 Å². The molecule has 2 heterocycles. The van der Waals surface area contributed by atoms with Crippen molar-refractivity contribution in [2.24, 2.45) is 12.5 Å². The van der Waals surface area contributed by atoms with Gasteiger partial charge in [-0.05, 0) is 25.0 Å². The second-order valence-electron chi connectivity index (χ2n) is 5.10. The molecule has 106 valence electrons. The number of aromatic nitrogens is 1. The van der Waals surface area contributed by atoms with Crippen LogP contribution in [0.2, 0.25) is 0 Å². The SMILES string of the molecule is COC(=O)C1(CNCc2cccn2C)CCOCC1. The standard InChI is InChI=1S/C14H22N2O3/c1-16-7-3-4-12(16)10-15-11-14(13(17)18-2)5-8-19-9-6-14/h3-4,7,15H,5-6,8-11H2,1-2H3. The summed E-state index contributed by atoms with van der Waals surface area (Å²) >= 11 is 0. The van der Waals surface area contributed by atoms with Crippen LogP contribution in [-0.4, -0.2) is 37.4 Å². The number of nitrogens with one attached hydrogen (secondary N) is 1. The van der Waals surface area contributed by atoms with Crippen LogP contribution in [0, 0.1) is 5.41 Å². The van der Waals surface area contributed by atoms with Crippen LogP contribution in [0.1, 0.15) is 18.5 Å². The van der Waals surface area contributed by atoms with Gasteiger partial charge in [-0.15, -0.1) is 0 Å². The molecule has 0 spiro atoms. The number of rotatable bonds is 5. The van der Waals surface area contributed by atoms with Gasteiger partial charge < -0.3 is 19.4 Å². The van der Waals surface area contributed by atoms with Crippen LogP contribution in [0.3, 0.4) is 0 Å². The Hall–Kier alpha value is -1.33. The Bertz CT molecular complexity index is 422. The molecule has 0 atom stereocenters. The first kappa shape index (κ1) is 14.1. The number of hydrogen-bond donors (Lipinski definition) is 1. The molecule has 1 aliphatic rings. The maximum atomic E-state index is 12.0. The van der Waals surface area contributed by atoms with Crippen LogP contribution >= 0.6 is 0 Å². The van der Waals surface area contributed by atoms with E-state index in [1.807, 2.05) is 19.3 Å². The Balaban J connectivity index is 1.93. The molecule has 19 heavy (non-hydrogen) atoms. The Kier molecular flexibility index (Phi) is 4.61. The van der Waals surface area contributed by atoms with Crippen molar-refractivity contribution in [3.8, 4) is 0 Å². The van der Waals surface area contributed by atoms with E-state index in [1.54, 1.807) is 0 Å². The lowest BCUT2D eigenvalue weighted by molar-refractivity contribution is -0.158. The number of carbonyl (C=O) groups excluding carboxylic acids is 1. The molecule has 1 N–H and O–H groups in total. The van der Waals surface area contributed by atoms with E-state index in [9.17, 15) is 4.79 Å². The van der Waals surface area contributed by atoms with E-state index in [-0.39, 0.29) is 5.97 Å². The lowest BCUT2D eigenvalue weighted by Crippen LogP contribution is -2.45. The lowest BCUT2D eigenvalue weighted by atomic mass is 9.80. The molecule has 5 heteroatoms. The van der Waals surface area contributed by atoms with E-state index < -0.39 is 5.41 Å². The fourth-order valence-corrected chi connectivity index (χ4v) is 2.54. The minimum atomic E-state index is -0.432. The van der Waals surface area contributed by atoms with Gasteiger partial charge in [0, 0.05) is 45.2 Å². The van der Waals surface area contributed by atoms with Crippen LogP contribution < -0.4 is 5.32 Å². The van der Waals surface area contributed by atoms with Gasteiger partial charge in [0.1, 0.15) is 0 Å². The fourth-order valence-electron chi connectivity index (χ4n) is 2.54. The molecule has 1 aromatic rings. The van der Waals surface area contributed by atoms with E-state index in [1.165, 1.54) is 12.8 Å². The predicted molar refractivity (Wildman–Crippen MR) is 71.6 cm³/mol. The smallest absolute Gasteiger partial charge is 0.313 e. The Labute approximate surface area is 113 Å². The van der Waals surface area contributed by atoms with Gasteiger partial charge in [0.2, 0.25) is 0 Å². The van der Waals surface area contributed by atoms with Crippen LogP contribution in [-0.2, 0) is 27.9 Å². The highest BCUT2D eigenvalue weighted by molar-refractivity contribution is 5.77. The zero-order valence-corrected chi connectivity index (χ0v) is 11.6. The first-order chi connectivity index (χ1) is 9.18. The fraction of sp³-hybridized carbons (Fsp3) is 0.643. The van der Waals surface area contributed by atoms with Crippen LogP contribution in [0.5, 0.6) is 0 Å². The number of nitrogens with zero attached hydrogens (tertiary/aromatic N) is 1. The van der Waals surface area contributed by atoms with Gasteiger partial charge in [-0.2, -0.15) is 0 Å². The van der Waals surface area contributed by atoms with Gasteiger partial charge >= 0.3 is 5.97 Å².